The Labute approximate surface area is 299 Å². The summed E-state index contributed by atoms with van der Waals surface area (Å²) in [6, 6.07) is 0. The van der Waals surface area contributed by atoms with Crippen LogP contribution in [0.1, 0.15) is 194 Å². The fourth-order valence-electron chi connectivity index (χ4n) is 6.32. The van der Waals surface area contributed by atoms with Crippen LogP contribution in [0.3, 0.4) is 0 Å². The molecule has 0 bridgehead atoms. The molecular formula is C40H76O9. The highest BCUT2D eigenvalue weighted by Gasteiger charge is 2.38. The molecule has 9 heteroatoms. The van der Waals surface area contributed by atoms with E-state index in [-0.39, 0.29) is 38.2 Å². The minimum absolute atomic E-state index is 0.157. The number of esters is 2. The third-order valence-corrected chi connectivity index (χ3v) is 9.60. The van der Waals surface area contributed by atoms with E-state index in [9.17, 15) is 24.9 Å². The van der Waals surface area contributed by atoms with E-state index in [1.165, 1.54) is 128 Å². The number of rotatable bonds is 34. The molecule has 9 nitrogen and oxygen atoms in total. The molecule has 0 aromatic heterocycles. The van der Waals surface area contributed by atoms with E-state index in [1.807, 2.05) is 0 Å². The number of ether oxygens (including phenoxy) is 4. The molecule has 1 aliphatic heterocycles. The highest BCUT2D eigenvalue weighted by molar-refractivity contribution is 5.70. The van der Waals surface area contributed by atoms with E-state index in [2.05, 4.69) is 13.8 Å². The Morgan fingerprint density at radius 3 is 1.37 bits per heavy atom. The normalized spacial score (nSPS) is 19.9. The zero-order valence-corrected chi connectivity index (χ0v) is 31.6. The highest BCUT2D eigenvalue weighted by atomic mass is 16.7. The molecule has 3 N–H and O–H groups in total. The van der Waals surface area contributed by atoms with Crippen LogP contribution in [0.15, 0.2) is 0 Å². The lowest BCUT2D eigenvalue weighted by Gasteiger charge is -2.35. The quantitative estimate of drug-likeness (QED) is 0.0445. The van der Waals surface area contributed by atoms with Gasteiger partial charge in [-0.25, -0.2) is 0 Å². The van der Waals surface area contributed by atoms with Crippen LogP contribution >= 0.6 is 0 Å². The Bertz CT molecular complexity index is 764. The van der Waals surface area contributed by atoms with Crippen molar-refractivity contribution in [1.29, 1.82) is 0 Å². The Hall–Kier alpha value is -1.26. The second-order valence-electron chi connectivity index (χ2n) is 14.4. The third kappa shape index (κ3) is 26.2. The molecule has 1 aliphatic rings. The first-order valence-corrected chi connectivity index (χ1v) is 20.5. The molecule has 0 spiro atoms. The lowest BCUT2D eigenvalue weighted by Crippen LogP contribution is -2.54. The number of carbonyl (C=O) groups excluding carboxylic acids is 2. The Morgan fingerprint density at radius 2 is 0.939 bits per heavy atom. The second-order valence-corrected chi connectivity index (χ2v) is 14.4. The van der Waals surface area contributed by atoms with Crippen LogP contribution in [0.2, 0.25) is 0 Å². The number of hydrogen-bond donors (Lipinski definition) is 3. The van der Waals surface area contributed by atoms with Crippen molar-refractivity contribution in [1.82, 2.24) is 0 Å². The molecule has 5 atom stereocenters. The minimum Gasteiger partial charge on any atom is -0.462 e. The lowest BCUT2D eigenvalue weighted by atomic mass is 10.0. The molecule has 0 unspecified atom stereocenters. The standard InChI is InChI=1S/C40H76O9/c1-3-5-7-9-11-13-15-17-19-21-23-25-27-29-36(42)46-31-34(32-47-40-39(45)38(44)35(41)33-48-40)49-37(43)30-28-26-24-22-20-18-16-14-12-10-8-6-4-2/h34-35,38-41,44-45H,3-33H2,1-2H3/t34-,35-,38+,39-,40+/m1/s1. The van der Waals surface area contributed by atoms with E-state index < -0.39 is 30.7 Å². The number of carbonyl (C=O) groups is 2. The van der Waals surface area contributed by atoms with E-state index in [0.29, 0.717) is 6.42 Å². The highest BCUT2D eigenvalue weighted by Crippen LogP contribution is 2.18. The van der Waals surface area contributed by atoms with Gasteiger partial charge in [-0.1, -0.05) is 168 Å². The van der Waals surface area contributed by atoms with E-state index in [4.69, 9.17) is 18.9 Å². The van der Waals surface area contributed by atoms with Crippen LogP contribution in [0, 0.1) is 0 Å². The predicted molar refractivity (Wildman–Crippen MR) is 195 cm³/mol. The maximum atomic E-state index is 12.6. The van der Waals surface area contributed by atoms with Gasteiger partial charge in [-0.05, 0) is 12.8 Å². The maximum Gasteiger partial charge on any atom is 0.306 e. The van der Waals surface area contributed by atoms with Gasteiger partial charge >= 0.3 is 11.9 Å². The summed E-state index contributed by atoms with van der Waals surface area (Å²) in [6.07, 6.45) is 26.3. The Morgan fingerprint density at radius 1 is 0.551 bits per heavy atom. The van der Waals surface area contributed by atoms with Crippen molar-refractivity contribution in [2.45, 2.75) is 224 Å². The van der Waals surface area contributed by atoms with Crippen molar-refractivity contribution < 1.29 is 43.9 Å². The van der Waals surface area contributed by atoms with Gasteiger partial charge in [0.05, 0.1) is 13.2 Å². The van der Waals surface area contributed by atoms with Gasteiger partial charge in [0.25, 0.3) is 0 Å². The molecule has 1 saturated heterocycles. The maximum absolute atomic E-state index is 12.6. The first-order chi connectivity index (χ1) is 23.9. The summed E-state index contributed by atoms with van der Waals surface area (Å²) in [5.41, 5.74) is 0. The largest absolute Gasteiger partial charge is 0.462 e. The minimum atomic E-state index is -1.45. The van der Waals surface area contributed by atoms with Crippen molar-refractivity contribution in [3.05, 3.63) is 0 Å². The van der Waals surface area contributed by atoms with E-state index in [1.54, 1.807) is 0 Å². The fraction of sp³-hybridized carbons (Fsp3) is 0.950. The van der Waals surface area contributed by atoms with Gasteiger partial charge in [-0.2, -0.15) is 0 Å². The van der Waals surface area contributed by atoms with Gasteiger partial charge in [-0.15, -0.1) is 0 Å². The predicted octanol–water partition coefficient (Wildman–Crippen LogP) is 8.86. The summed E-state index contributed by atoms with van der Waals surface area (Å²) in [5, 5.41) is 29.9. The van der Waals surface area contributed by atoms with Gasteiger partial charge in [0.1, 0.15) is 24.9 Å². The lowest BCUT2D eigenvalue weighted by molar-refractivity contribution is -0.275. The zero-order chi connectivity index (χ0) is 35.8. The monoisotopic (exact) mass is 701 g/mol. The molecule has 0 aliphatic carbocycles. The molecule has 0 radical (unpaired) electrons. The van der Waals surface area contributed by atoms with Gasteiger partial charge < -0.3 is 34.3 Å². The van der Waals surface area contributed by atoms with Crippen molar-refractivity contribution in [2.75, 3.05) is 19.8 Å². The van der Waals surface area contributed by atoms with Gasteiger partial charge in [0, 0.05) is 12.8 Å². The smallest absolute Gasteiger partial charge is 0.306 e. The molecule has 1 rings (SSSR count). The molecule has 0 aromatic rings. The topological polar surface area (TPSA) is 132 Å². The third-order valence-electron chi connectivity index (χ3n) is 9.60. The number of aliphatic hydroxyl groups excluding tert-OH is 3. The van der Waals surface area contributed by atoms with Crippen LogP contribution in [-0.2, 0) is 28.5 Å². The van der Waals surface area contributed by atoms with Crippen LogP contribution in [-0.4, -0.2) is 77.8 Å². The van der Waals surface area contributed by atoms with E-state index in [0.717, 1.165) is 38.5 Å². The van der Waals surface area contributed by atoms with Gasteiger partial charge in [-0.3, -0.25) is 9.59 Å². The molecular weight excluding hydrogens is 624 g/mol. The summed E-state index contributed by atoms with van der Waals surface area (Å²) in [5.74, 6) is -0.724. The Kier molecular flexibility index (Phi) is 30.5. The Balaban J connectivity index is 2.26. The molecule has 49 heavy (non-hydrogen) atoms. The zero-order valence-electron chi connectivity index (χ0n) is 31.6. The summed E-state index contributed by atoms with van der Waals surface area (Å²) in [7, 11) is 0. The fourth-order valence-corrected chi connectivity index (χ4v) is 6.32. The molecule has 0 saturated carbocycles. The van der Waals surface area contributed by atoms with Gasteiger partial charge in [0.15, 0.2) is 12.4 Å². The molecule has 0 aromatic carbocycles. The first-order valence-electron chi connectivity index (χ1n) is 20.5. The number of aliphatic hydroxyl groups is 3. The summed E-state index contributed by atoms with van der Waals surface area (Å²) >= 11 is 0. The first kappa shape index (κ1) is 45.8. The van der Waals surface area contributed by atoms with E-state index >= 15 is 0 Å². The van der Waals surface area contributed by atoms with Crippen molar-refractivity contribution in [3.63, 3.8) is 0 Å². The SMILES string of the molecule is CCCCCCCCCCCCCCCC(=O)OC[C@H](CO[C@H]1OC[C@@H](O)[C@H](O)[C@H]1O)OC(=O)CCCCCCCCCCCCCCC. The van der Waals surface area contributed by atoms with Crippen molar-refractivity contribution in [3.8, 4) is 0 Å². The summed E-state index contributed by atoms with van der Waals surface area (Å²) in [4.78, 5) is 25.1. The van der Waals surface area contributed by atoms with Crippen LogP contribution in [0.25, 0.3) is 0 Å². The van der Waals surface area contributed by atoms with Crippen LogP contribution in [0.4, 0.5) is 0 Å². The number of unbranched alkanes of at least 4 members (excludes halogenated alkanes) is 24. The summed E-state index contributed by atoms with van der Waals surface area (Å²) < 4.78 is 22.0. The summed E-state index contributed by atoms with van der Waals surface area (Å²) in [6.45, 7) is 3.97. The average Bonchev–Trinajstić information content (AvgIpc) is 3.09. The molecule has 290 valence electrons. The number of hydrogen-bond acceptors (Lipinski definition) is 9. The molecule has 0 amide bonds. The van der Waals surface area contributed by atoms with Crippen LogP contribution in [0.5, 0.6) is 0 Å². The van der Waals surface area contributed by atoms with Crippen LogP contribution < -0.4 is 0 Å². The molecule has 1 heterocycles. The average molecular weight is 701 g/mol. The van der Waals surface area contributed by atoms with Crippen molar-refractivity contribution >= 4 is 11.9 Å². The second kappa shape index (κ2) is 32.6. The molecule has 1 fully saturated rings. The van der Waals surface area contributed by atoms with Crippen molar-refractivity contribution in [2.24, 2.45) is 0 Å². The van der Waals surface area contributed by atoms with Gasteiger partial charge in [0.2, 0.25) is 0 Å².